The van der Waals surface area contributed by atoms with Crippen LogP contribution in [0.3, 0.4) is 0 Å². The summed E-state index contributed by atoms with van der Waals surface area (Å²) in [4.78, 5) is 2.70. The molecule has 2 heterocycles. The Morgan fingerprint density at radius 3 is 2.38 bits per heavy atom. The van der Waals surface area contributed by atoms with E-state index < -0.39 is 0 Å². The Morgan fingerprint density at radius 1 is 0.808 bits per heavy atom. The number of nitrogens with zero attached hydrogens (tertiary/aromatic N) is 1. The van der Waals surface area contributed by atoms with Gasteiger partial charge >= 0.3 is 0 Å². The highest BCUT2D eigenvalue weighted by Gasteiger charge is 2.30. The molecule has 0 amide bonds. The molecular formula is C23H29NO2. The van der Waals surface area contributed by atoms with E-state index in [-0.39, 0.29) is 0 Å². The van der Waals surface area contributed by atoms with Gasteiger partial charge in [-0.1, -0.05) is 36.8 Å². The van der Waals surface area contributed by atoms with E-state index in [2.05, 4.69) is 17.0 Å². The molecule has 0 aromatic heterocycles. The lowest BCUT2D eigenvalue weighted by Gasteiger charge is -2.42. The fourth-order valence-electron chi connectivity index (χ4n) is 4.20. The van der Waals surface area contributed by atoms with Gasteiger partial charge in [0.2, 0.25) is 0 Å². The molecule has 138 valence electrons. The Morgan fingerprint density at radius 2 is 1.58 bits per heavy atom. The zero-order valence-corrected chi connectivity index (χ0v) is 15.5. The van der Waals surface area contributed by atoms with Crippen molar-refractivity contribution in [2.45, 2.75) is 44.8 Å². The Hall–Kier alpha value is -2.00. The van der Waals surface area contributed by atoms with Crippen LogP contribution in [-0.4, -0.2) is 30.6 Å². The van der Waals surface area contributed by atoms with E-state index in [1.54, 1.807) is 0 Å². The Labute approximate surface area is 156 Å². The highest BCUT2D eigenvalue weighted by molar-refractivity contribution is 5.31. The summed E-state index contributed by atoms with van der Waals surface area (Å²) in [6.45, 7) is 3.92. The number of piperidine rings is 2. The summed E-state index contributed by atoms with van der Waals surface area (Å²) in [6.07, 6.45) is 6.84. The number of fused-ring (bicyclic) bond motifs is 1. The molecule has 0 saturated carbocycles. The summed E-state index contributed by atoms with van der Waals surface area (Å²) in [5.41, 5.74) is 1.18. The van der Waals surface area contributed by atoms with Crippen LogP contribution in [0.25, 0.3) is 0 Å². The van der Waals surface area contributed by atoms with Crippen LogP contribution in [0.15, 0.2) is 54.6 Å². The maximum absolute atomic E-state index is 6.06. The SMILES string of the molecule is c1ccc(COc2ccc(OC[C@H]3CC[C@@H]4CCCCN4C3)cc2)cc1. The highest BCUT2D eigenvalue weighted by Crippen LogP contribution is 2.29. The molecule has 0 aliphatic carbocycles. The van der Waals surface area contributed by atoms with Crippen molar-refractivity contribution in [3.05, 3.63) is 60.2 Å². The van der Waals surface area contributed by atoms with Crippen LogP contribution < -0.4 is 9.47 Å². The maximum Gasteiger partial charge on any atom is 0.120 e. The van der Waals surface area contributed by atoms with Crippen molar-refractivity contribution in [1.29, 1.82) is 0 Å². The van der Waals surface area contributed by atoms with Gasteiger partial charge in [0.05, 0.1) is 6.61 Å². The first-order valence-electron chi connectivity index (χ1n) is 10.0. The summed E-state index contributed by atoms with van der Waals surface area (Å²) < 4.78 is 11.9. The number of hydrogen-bond acceptors (Lipinski definition) is 3. The molecule has 0 spiro atoms. The fraction of sp³-hybridized carbons (Fsp3) is 0.478. The molecule has 0 radical (unpaired) electrons. The first-order chi connectivity index (χ1) is 12.9. The first kappa shape index (κ1) is 17.4. The predicted molar refractivity (Wildman–Crippen MR) is 105 cm³/mol. The summed E-state index contributed by atoms with van der Waals surface area (Å²) in [5, 5.41) is 0. The van der Waals surface area contributed by atoms with Gasteiger partial charge in [0.25, 0.3) is 0 Å². The number of rotatable bonds is 6. The van der Waals surface area contributed by atoms with Crippen LogP contribution in [0.1, 0.15) is 37.7 Å². The molecule has 0 bridgehead atoms. The minimum atomic E-state index is 0.597. The van der Waals surface area contributed by atoms with Gasteiger partial charge < -0.3 is 9.47 Å². The van der Waals surface area contributed by atoms with E-state index in [1.807, 2.05) is 42.5 Å². The lowest BCUT2D eigenvalue weighted by atomic mass is 9.88. The quantitative estimate of drug-likeness (QED) is 0.738. The van der Waals surface area contributed by atoms with Crippen LogP contribution in [0.4, 0.5) is 0 Å². The molecule has 2 aliphatic rings. The fourth-order valence-corrected chi connectivity index (χ4v) is 4.20. The summed E-state index contributed by atoms with van der Waals surface area (Å²) in [7, 11) is 0. The van der Waals surface area contributed by atoms with Gasteiger partial charge in [-0.25, -0.2) is 0 Å². The Balaban J connectivity index is 1.23. The van der Waals surface area contributed by atoms with Crippen LogP contribution in [-0.2, 0) is 6.61 Å². The van der Waals surface area contributed by atoms with Gasteiger partial charge in [-0.2, -0.15) is 0 Å². The van der Waals surface area contributed by atoms with Crippen molar-refractivity contribution in [3.63, 3.8) is 0 Å². The Bertz CT molecular complexity index is 670. The number of ether oxygens (including phenoxy) is 2. The summed E-state index contributed by atoms with van der Waals surface area (Å²) in [6, 6.07) is 19.1. The standard InChI is InChI=1S/C23H29NO2/c1-2-6-19(7-3-1)17-25-22-11-13-23(14-12-22)26-18-20-9-10-21-8-4-5-15-24(21)16-20/h1-3,6-7,11-14,20-21H,4-5,8-10,15-18H2/t20-,21-/m0/s1. The van der Waals surface area contributed by atoms with Gasteiger partial charge in [0, 0.05) is 18.5 Å². The van der Waals surface area contributed by atoms with E-state index in [0.717, 1.165) is 24.1 Å². The van der Waals surface area contributed by atoms with E-state index in [1.165, 1.54) is 50.8 Å². The van der Waals surface area contributed by atoms with Crippen LogP contribution in [0.2, 0.25) is 0 Å². The Kier molecular flexibility index (Phi) is 5.75. The minimum Gasteiger partial charge on any atom is -0.493 e. The van der Waals surface area contributed by atoms with Crippen molar-refractivity contribution in [3.8, 4) is 11.5 Å². The third-order valence-electron chi connectivity index (χ3n) is 5.71. The van der Waals surface area contributed by atoms with Gasteiger partial charge in [-0.3, -0.25) is 4.90 Å². The average Bonchev–Trinajstić information content (AvgIpc) is 2.72. The normalized spacial score (nSPS) is 23.2. The number of hydrogen-bond donors (Lipinski definition) is 0. The molecule has 3 heteroatoms. The molecule has 26 heavy (non-hydrogen) atoms. The van der Waals surface area contributed by atoms with Crippen molar-refractivity contribution >= 4 is 0 Å². The molecule has 2 fully saturated rings. The molecule has 2 aromatic rings. The van der Waals surface area contributed by atoms with E-state index in [4.69, 9.17) is 9.47 Å². The highest BCUT2D eigenvalue weighted by atomic mass is 16.5. The average molecular weight is 351 g/mol. The molecule has 2 atom stereocenters. The largest absolute Gasteiger partial charge is 0.493 e. The van der Waals surface area contributed by atoms with E-state index >= 15 is 0 Å². The minimum absolute atomic E-state index is 0.597. The van der Waals surface area contributed by atoms with Crippen molar-refractivity contribution < 1.29 is 9.47 Å². The van der Waals surface area contributed by atoms with E-state index in [9.17, 15) is 0 Å². The summed E-state index contributed by atoms with van der Waals surface area (Å²) >= 11 is 0. The third-order valence-corrected chi connectivity index (χ3v) is 5.71. The molecule has 0 N–H and O–H groups in total. The lowest BCUT2D eigenvalue weighted by molar-refractivity contribution is 0.0565. The second-order valence-corrected chi connectivity index (χ2v) is 7.64. The molecule has 2 saturated heterocycles. The second kappa shape index (κ2) is 8.59. The first-order valence-corrected chi connectivity index (χ1v) is 10.0. The zero-order chi connectivity index (χ0) is 17.6. The monoisotopic (exact) mass is 351 g/mol. The topological polar surface area (TPSA) is 21.7 Å². The van der Waals surface area contributed by atoms with Crippen molar-refractivity contribution in [2.75, 3.05) is 19.7 Å². The molecular weight excluding hydrogens is 322 g/mol. The van der Waals surface area contributed by atoms with Gasteiger partial charge in [-0.15, -0.1) is 0 Å². The van der Waals surface area contributed by atoms with Gasteiger partial charge in [-0.05, 0) is 62.1 Å². The number of benzene rings is 2. The molecule has 2 aliphatic heterocycles. The second-order valence-electron chi connectivity index (χ2n) is 7.64. The molecule has 0 unspecified atom stereocenters. The zero-order valence-electron chi connectivity index (χ0n) is 15.5. The van der Waals surface area contributed by atoms with Crippen molar-refractivity contribution in [1.82, 2.24) is 4.90 Å². The molecule has 2 aromatic carbocycles. The van der Waals surface area contributed by atoms with Crippen molar-refractivity contribution in [2.24, 2.45) is 5.92 Å². The predicted octanol–water partition coefficient (Wildman–Crippen LogP) is 4.91. The van der Waals surface area contributed by atoms with Crippen LogP contribution in [0, 0.1) is 5.92 Å². The van der Waals surface area contributed by atoms with Gasteiger partial charge in [0.1, 0.15) is 18.1 Å². The summed E-state index contributed by atoms with van der Waals surface area (Å²) in [5.74, 6) is 2.49. The lowest BCUT2D eigenvalue weighted by Crippen LogP contribution is -2.47. The maximum atomic E-state index is 6.06. The van der Waals surface area contributed by atoms with Crippen LogP contribution in [0.5, 0.6) is 11.5 Å². The van der Waals surface area contributed by atoms with Gasteiger partial charge in [0.15, 0.2) is 0 Å². The van der Waals surface area contributed by atoms with Crippen LogP contribution >= 0.6 is 0 Å². The smallest absolute Gasteiger partial charge is 0.120 e. The molecule has 3 nitrogen and oxygen atoms in total. The van der Waals surface area contributed by atoms with E-state index in [0.29, 0.717) is 12.5 Å². The molecule has 4 rings (SSSR count). The third kappa shape index (κ3) is 4.59.